The zero-order valence-electron chi connectivity index (χ0n) is 17.3. The summed E-state index contributed by atoms with van der Waals surface area (Å²) in [4.78, 5) is 13.4. The van der Waals surface area contributed by atoms with Gasteiger partial charge in [0.15, 0.2) is 5.65 Å². The Bertz CT molecular complexity index is 1130. The molecule has 0 aliphatic heterocycles. The molecule has 1 aromatic carbocycles. The maximum atomic E-state index is 6.02. The van der Waals surface area contributed by atoms with Crippen LogP contribution in [0.1, 0.15) is 31.2 Å². The summed E-state index contributed by atoms with van der Waals surface area (Å²) in [6.45, 7) is 0.679. The van der Waals surface area contributed by atoms with Gasteiger partial charge in [0, 0.05) is 36.6 Å². The van der Waals surface area contributed by atoms with E-state index in [-0.39, 0.29) is 0 Å². The first-order valence-electron chi connectivity index (χ1n) is 10.7. The van der Waals surface area contributed by atoms with E-state index in [1.165, 1.54) is 5.56 Å². The van der Waals surface area contributed by atoms with Gasteiger partial charge in [-0.15, -0.1) is 5.10 Å². The minimum absolute atomic E-state index is 0.332. The van der Waals surface area contributed by atoms with Crippen LogP contribution in [0.2, 0.25) is 0 Å². The monoisotopic (exact) mass is 414 g/mol. The fraction of sp³-hybridized carbons (Fsp3) is 0.304. The lowest BCUT2D eigenvalue weighted by molar-refractivity contribution is 0.410. The van der Waals surface area contributed by atoms with E-state index in [1.807, 2.05) is 41.0 Å². The van der Waals surface area contributed by atoms with Crippen molar-refractivity contribution in [3.05, 3.63) is 66.6 Å². The zero-order chi connectivity index (χ0) is 21.0. The van der Waals surface area contributed by atoms with Crippen LogP contribution in [0, 0.1) is 0 Å². The molecule has 31 heavy (non-hydrogen) atoms. The highest BCUT2D eigenvalue weighted by molar-refractivity contribution is 5.62. The topological polar surface area (TPSA) is 106 Å². The lowest BCUT2D eigenvalue weighted by atomic mass is 9.92. The molecule has 8 heteroatoms. The van der Waals surface area contributed by atoms with Crippen molar-refractivity contribution < 1.29 is 0 Å². The van der Waals surface area contributed by atoms with E-state index in [0.29, 0.717) is 24.6 Å². The van der Waals surface area contributed by atoms with E-state index in [9.17, 15) is 0 Å². The van der Waals surface area contributed by atoms with Crippen molar-refractivity contribution in [1.29, 1.82) is 0 Å². The van der Waals surface area contributed by atoms with Gasteiger partial charge in [-0.3, -0.25) is 0 Å². The zero-order valence-corrected chi connectivity index (χ0v) is 17.3. The molecule has 0 unspecified atom stereocenters. The number of nitrogens with two attached hydrogens (primary N) is 1. The Kier molecular flexibility index (Phi) is 5.45. The Hall–Kier alpha value is -3.52. The Balaban J connectivity index is 1.31. The van der Waals surface area contributed by atoms with Gasteiger partial charge in [-0.05, 0) is 43.4 Å². The third kappa shape index (κ3) is 4.49. The van der Waals surface area contributed by atoms with Crippen molar-refractivity contribution in [3.63, 3.8) is 0 Å². The van der Waals surface area contributed by atoms with Crippen LogP contribution in [0.3, 0.4) is 0 Å². The van der Waals surface area contributed by atoms with E-state index in [0.717, 1.165) is 48.4 Å². The molecule has 1 aliphatic rings. The first-order chi connectivity index (χ1) is 15.2. The number of anilines is 2. The molecule has 158 valence electrons. The Morgan fingerprint density at radius 1 is 0.903 bits per heavy atom. The molecule has 3 aromatic heterocycles. The molecule has 1 saturated carbocycles. The molecule has 0 atom stereocenters. The summed E-state index contributed by atoms with van der Waals surface area (Å²) in [6, 6.07) is 14.9. The molecule has 0 radical (unpaired) electrons. The Morgan fingerprint density at radius 2 is 1.68 bits per heavy atom. The number of aromatic nitrogens is 5. The van der Waals surface area contributed by atoms with Gasteiger partial charge in [0.05, 0.1) is 11.9 Å². The molecule has 0 saturated heterocycles. The summed E-state index contributed by atoms with van der Waals surface area (Å²) in [6.07, 6.45) is 9.66. The van der Waals surface area contributed by atoms with Crippen molar-refractivity contribution in [2.24, 2.45) is 5.73 Å². The van der Waals surface area contributed by atoms with Gasteiger partial charge in [-0.2, -0.15) is 0 Å². The number of benzene rings is 1. The number of hydrogen-bond donors (Lipinski definition) is 3. The molecule has 0 spiro atoms. The van der Waals surface area contributed by atoms with E-state index in [1.54, 1.807) is 12.4 Å². The predicted molar refractivity (Wildman–Crippen MR) is 122 cm³/mol. The van der Waals surface area contributed by atoms with Crippen LogP contribution < -0.4 is 16.4 Å². The SMILES string of the molecule is NC1CCC(Nc2ccc3ncc(-c4cnc(NCc5ccccc5)nc4)n3n2)CC1. The number of nitrogens with zero attached hydrogens (tertiary/aromatic N) is 5. The van der Waals surface area contributed by atoms with Crippen LogP contribution in [0.5, 0.6) is 0 Å². The molecule has 3 heterocycles. The number of imidazole rings is 1. The molecule has 4 aromatic rings. The number of hydrogen-bond acceptors (Lipinski definition) is 7. The smallest absolute Gasteiger partial charge is 0.222 e. The van der Waals surface area contributed by atoms with Crippen LogP contribution in [-0.2, 0) is 6.54 Å². The minimum atomic E-state index is 0.332. The second kappa shape index (κ2) is 8.69. The molecular weight excluding hydrogens is 388 g/mol. The maximum absolute atomic E-state index is 6.02. The van der Waals surface area contributed by atoms with Crippen LogP contribution in [0.4, 0.5) is 11.8 Å². The predicted octanol–water partition coefficient (Wildman–Crippen LogP) is 3.48. The quantitative estimate of drug-likeness (QED) is 0.443. The molecule has 1 aliphatic carbocycles. The highest BCUT2D eigenvalue weighted by Crippen LogP contribution is 2.23. The lowest BCUT2D eigenvalue weighted by Gasteiger charge is -2.27. The van der Waals surface area contributed by atoms with Crippen molar-refractivity contribution in [3.8, 4) is 11.3 Å². The molecule has 5 rings (SSSR count). The van der Waals surface area contributed by atoms with Gasteiger partial charge in [-0.25, -0.2) is 19.5 Å². The standard InChI is InChI=1S/C23H26N8/c24-18-6-8-19(9-7-18)29-21-10-11-22-25-15-20(31(22)30-21)17-13-27-23(28-14-17)26-12-16-4-2-1-3-5-16/h1-5,10-11,13-15,18-19H,6-9,12,24H2,(H,29,30)(H,26,27,28). The number of rotatable bonds is 6. The fourth-order valence-electron chi connectivity index (χ4n) is 3.95. The molecule has 8 nitrogen and oxygen atoms in total. The summed E-state index contributed by atoms with van der Waals surface area (Å²) in [7, 11) is 0. The van der Waals surface area contributed by atoms with Gasteiger partial charge in [0.25, 0.3) is 0 Å². The van der Waals surface area contributed by atoms with Gasteiger partial charge in [0.2, 0.25) is 5.95 Å². The number of fused-ring (bicyclic) bond motifs is 1. The van der Waals surface area contributed by atoms with Gasteiger partial charge >= 0.3 is 0 Å². The van der Waals surface area contributed by atoms with Crippen molar-refractivity contribution in [2.45, 2.75) is 44.3 Å². The van der Waals surface area contributed by atoms with Crippen molar-refractivity contribution in [2.75, 3.05) is 10.6 Å². The second-order valence-corrected chi connectivity index (χ2v) is 8.02. The van der Waals surface area contributed by atoms with Gasteiger partial charge in [0.1, 0.15) is 5.82 Å². The molecule has 1 fully saturated rings. The highest BCUT2D eigenvalue weighted by Gasteiger charge is 2.19. The third-order valence-electron chi connectivity index (χ3n) is 5.73. The minimum Gasteiger partial charge on any atom is -0.366 e. The summed E-state index contributed by atoms with van der Waals surface area (Å²) in [5.74, 6) is 1.43. The first kappa shape index (κ1) is 19.4. The van der Waals surface area contributed by atoms with Gasteiger partial charge in [-0.1, -0.05) is 30.3 Å². The molecule has 4 N–H and O–H groups in total. The highest BCUT2D eigenvalue weighted by atomic mass is 15.3. The summed E-state index contributed by atoms with van der Waals surface area (Å²) >= 11 is 0. The van der Waals surface area contributed by atoms with E-state index in [2.05, 4.69) is 37.7 Å². The molecule has 0 bridgehead atoms. The summed E-state index contributed by atoms with van der Waals surface area (Å²) < 4.78 is 1.84. The largest absolute Gasteiger partial charge is 0.366 e. The van der Waals surface area contributed by atoms with Crippen molar-refractivity contribution in [1.82, 2.24) is 24.6 Å². The van der Waals surface area contributed by atoms with E-state index < -0.39 is 0 Å². The fourth-order valence-corrected chi connectivity index (χ4v) is 3.95. The second-order valence-electron chi connectivity index (χ2n) is 8.02. The first-order valence-corrected chi connectivity index (χ1v) is 10.7. The van der Waals surface area contributed by atoms with E-state index in [4.69, 9.17) is 10.8 Å². The summed E-state index contributed by atoms with van der Waals surface area (Å²) in [5.41, 5.74) is 9.72. The third-order valence-corrected chi connectivity index (χ3v) is 5.73. The van der Waals surface area contributed by atoms with Crippen LogP contribution in [-0.4, -0.2) is 36.6 Å². The molecule has 0 amide bonds. The van der Waals surface area contributed by atoms with Crippen LogP contribution in [0.15, 0.2) is 61.1 Å². The lowest BCUT2D eigenvalue weighted by Crippen LogP contribution is -2.33. The summed E-state index contributed by atoms with van der Waals surface area (Å²) in [5, 5.41) is 11.6. The van der Waals surface area contributed by atoms with Crippen LogP contribution in [0.25, 0.3) is 16.9 Å². The van der Waals surface area contributed by atoms with Crippen molar-refractivity contribution >= 4 is 17.4 Å². The Morgan fingerprint density at radius 3 is 2.45 bits per heavy atom. The Labute approximate surface area is 180 Å². The van der Waals surface area contributed by atoms with E-state index >= 15 is 0 Å². The molecular formula is C23H26N8. The maximum Gasteiger partial charge on any atom is 0.222 e. The van der Waals surface area contributed by atoms with Crippen LogP contribution >= 0.6 is 0 Å². The average molecular weight is 415 g/mol. The number of nitrogens with one attached hydrogen (secondary N) is 2. The average Bonchev–Trinajstić information content (AvgIpc) is 3.24. The normalized spacial score (nSPS) is 18.7. The van der Waals surface area contributed by atoms with Gasteiger partial charge < -0.3 is 16.4 Å².